The minimum Gasteiger partial charge on any atom is -0.378 e. The van der Waals surface area contributed by atoms with E-state index in [0.29, 0.717) is 5.69 Å². The molecule has 0 bridgehead atoms. The summed E-state index contributed by atoms with van der Waals surface area (Å²) in [6.45, 7) is 2.10. The molecule has 0 spiro atoms. The van der Waals surface area contributed by atoms with Crippen LogP contribution in [-0.4, -0.2) is 12.3 Å². The SMILES string of the molecule is CSc1cccc(NC(C)c2ccc(NC(N)=O)cc2)c1. The molecule has 4 nitrogen and oxygen atoms in total. The molecule has 2 aromatic carbocycles. The predicted molar refractivity (Wildman–Crippen MR) is 89.9 cm³/mol. The lowest BCUT2D eigenvalue weighted by Gasteiger charge is -2.16. The average Bonchev–Trinajstić information content (AvgIpc) is 2.47. The van der Waals surface area contributed by atoms with Gasteiger partial charge in [-0.15, -0.1) is 11.8 Å². The van der Waals surface area contributed by atoms with E-state index in [1.807, 2.05) is 30.3 Å². The molecule has 5 heteroatoms. The van der Waals surface area contributed by atoms with E-state index in [1.54, 1.807) is 11.8 Å². The Morgan fingerprint density at radius 3 is 2.48 bits per heavy atom. The van der Waals surface area contributed by atoms with E-state index in [4.69, 9.17) is 5.73 Å². The number of nitrogens with two attached hydrogens (primary N) is 1. The van der Waals surface area contributed by atoms with E-state index in [1.165, 1.54) is 4.90 Å². The summed E-state index contributed by atoms with van der Waals surface area (Å²) in [6, 6.07) is 15.6. The topological polar surface area (TPSA) is 67.2 Å². The second-order valence-corrected chi connectivity index (χ2v) is 5.59. The van der Waals surface area contributed by atoms with Gasteiger partial charge >= 0.3 is 6.03 Å². The third-order valence-corrected chi connectivity index (χ3v) is 3.86. The van der Waals surface area contributed by atoms with E-state index < -0.39 is 6.03 Å². The van der Waals surface area contributed by atoms with Gasteiger partial charge in [-0.25, -0.2) is 4.79 Å². The largest absolute Gasteiger partial charge is 0.378 e. The maximum absolute atomic E-state index is 10.8. The molecule has 0 aliphatic rings. The van der Waals surface area contributed by atoms with Crippen LogP contribution in [0.3, 0.4) is 0 Å². The first-order valence-electron chi connectivity index (χ1n) is 6.65. The Morgan fingerprint density at radius 2 is 1.86 bits per heavy atom. The molecule has 2 rings (SSSR count). The molecule has 0 aliphatic carbocycles. The Balaban J connectivity index is 2.05. The number of carbonyl (C=O) groups excluding carboxylic acids is 1. The third-order valence-electron chi connectivity index (χ3n) is 3.13. The highest BCUT2D eigenvalue weighted by atomic mass is 32.2. The van der Waals surface area contributed by atoms with Gasteiger partial charge in [0.1, 0.15) is 0 Å². The van der Waals surface area contributed by atoms with Crippen LogP contribution in [0.25, 0.3) is 0 Å². The molecule has 0 saturated heterocycles. The molecule has 0 heterocycles. The monoisotopic (exact) mass is 301 g/mol. The van der Waals surface area contributed by atoms with E-state index >= 15 is 0 Å². The van der Waals surface area contributed by atoms with Crippen molar-refractivity contribution in [2.45, 2.75) is 17.9 Å². The summed E-state index contributed by atoms with van der Waals surface area (Å²) in [5.41, 5.74) is 8.01. The Hall–Kier alpha value is -2.14. The zero-order valence-electron chi connectivity index (χ0n) is 12.1. The zero-order chi connectivity index (χ0) is 15.2. The average molecular weight is 301 g/mol. The van der Waals surface area contributed by atoms with Crippen molar-refractivity contribution >= 4 is 29.2 Å². The van der Waals surface area contributed by atoms with Crippen molar-refractivity contribution in [2.75, 3.05) is 16.9 Å². The summed E-state index contributed by atoms with van der Waals surface area (Å²) in [7, 11) is 0. The lowest BCUT2D eigenvalue weighted by atomic mass is 10.1. The maximum Gasteiger partial charge on any atom is 0.316 e. The number of anilines is 2. The van der Waals surface area contributed by atoms with Gasteiger partial charge in [-0.2, -0.15) is 0 Å². The number of rotatable bonds is 5. The van der Waals surface area contributed by atoms with E-state index in [9.17, 15) is 4.79 Å². The number of benzene rings is 2. The van der Waals surface area contributed by atoms with Crippen molar-refractivity contribution in [2.24, 2.45) is 5.73 Å². The van der Waals surface area contributed by atoms with Gasteiger partial charge in [-0.05, 0) is 49.1 Å². The molecule has 0 saturated carbocycles. The fourth-order valence-corrected chi connectivity index (χ4v) is 2.50. The number of hydrogen-bond acceptors (Lipinski definition) is 3. The van der Waals surface area contributed by atoms with Crippen molar-refractivity contribution in [3.63, 3.8) is 0 Å². The molecule has 4 N–H and O–H groups in total. The van der Waals surface area contributed by atoms with Crippen LogP contribution in [0.4, 0.5) is 16.2 Å². The first kappa shape index (κ1) is 15.3. The Morgan fingerprint density at radius 1 is 1.14 bits per heavy atom. The smallest absolute Gasteiger partial charge is 0.316 e. The number of hydrogen-bond donors (Lipinski definition) is 3. The Kier molecular flexibility index (Phi) is 5.11. The number of urea groups is 1. The molecule has 0 fully saturated rings. The lowest BCUT2D eigenvalue weighted by molar-refractivity contribution is 0.259. The highest BCUT2D eigenvalue weighted by molar-refractivity contribution is 7.98. The maximum atomic E-state index is 10.8. The number of carbonyl (C=O) groups is 1. The molecule has 21 heavy (non-hydrogen) atoms. The van der Waals surface area contributed by atoms with Gasteiger partial charge in [0.15, 0.2) is 0 Å². The lowest BCUT2D eigenvalue weighted by Crippen LogP contribution is -2.19. The van der Waals surface area contributed by atoms with E-state index in [0.717, 1.165) is 11.3 Å². The Bertz CT molecular complexity index is 613. The summed E-state index contributed by atoms with van der Waals surface area (Å²) in [6.07, 6.45) is 2.06. The van der Waals surface area contributed by atoms with Crippen LogP contribution in [0.5, 0.6) is 0 Å². The molecule has 1 atom stereocenters. The molecule has 0 radical (unpaired) electrons. The van der Waals surface area contributed by atoms with Crippen LogP contribution < -0.4 is 16.4 Å². The van der Waals surface area contributed by atoms with E-state index in [-0.39, 0.29) is 6.04 Å². The summed E-state index contributed by atoms with van der Waals surface area (Å²) in [5, 5.41) is 6.02. The highest BCUT2D eigenvalue weighted by Crippen LogP contribution is 2.24. The number of primary amides is 1. The van der Waals surface area contributed by atoms with Crippen LogP contribution >= 0.6 is 11.8 Å². The Labute approximate surface area is 129 Å². The molecule has 0 aliphatic heterocycles. The van der Waals surface area contributed by atoms with Gasteiger partial charge in [0, 0.05) is 22.3 Å². The van der Waals surface area contributed by atoms with Crippen LogP contribution in [0.15, 0.2) is 53.4 Å². The van der Waals surface area contributed by atoms with Crippen LogP contribution in [0, 0.1) is 0 Å². The molecule has 0 aromatic heterocycles. The van der Waals surface area contributed by atoms with Crippen LogP contribution in [0.1, 0.15) is 18.5 Å². The normalized spacial score (nSPS) is 11.7. The summed E-state index contributed by atoms with van der Waals surface area (Å²) in [4.78, 5) is 12.0. The van der Waals surface area contributed by atoms with Gasteiger partial charge in [-0.3, -0.25) is 0 Å². The molecule has 110 valence electrons. The summed E-state index contributed by atoms with van der Waals surface area (Å²) in [5.74, 6) is 0. The first-order chi connectivity index (χ1) is 10.1. The fraction of sp³-hybridized carbons (Fsp3) is 0.188. The number of amides is 2. The van der Waals surface area contributed by atoms with E-state index in [2.05, 4.69) is 42.0 Å². The summed E-state index contributed by atoms with van der Waals surface area (Å²) >= 11 is 1.72. The van der Waals surface area contributed by atoms with Crippen molar-refractivity contribution in [3.8, 4) is 0 Å². The molecular formula is C16H19N3OS. The molecule has 2 aromatic rings. The van der Waals surface area contributed by atoms with Crippen LogP contribution in [-0.2, 0) is 0 Å². The third kappa shape index (κ3) is 4.43. The number of nitrogens with one attached hydrogen (secondary N) is 2. The van der Waals surface area contributed by atoms with Gasteiger partial charge in [-0.1, -0.05) is 18.2 Å². The second kappa shape index (κ2) is 7.04. The van der Waals surface area contributed by atoms with Crippen molar-refractivity contribution < 1.29 is 4.79 Å². The quantitative estimate of drug-likeness (QED) is 0.729. The van der Waals surface area contributed by atoms with Gasteiger partial charge in [0.2, 0.25) is 0 Å². The van der Waals surface area contributed by atoms with Crippen LogP contribution in [0.2, 0.25) is 0 Å². The van der Waals surface area contributed by atoms with Crippen molar-refractivity contribution in [1.29, 1.82) is 0 Å². The van der Waals surface area contributed by atoms with Gasteiger partial charge in [0.25, 0.3) is 0 Å². The first-order valence-corrected chi connectivity index (χ1v) is 7.88. The predicted octanol–water partition coefficient (Wildman–Crippen LogP) is 4.07. The minimum absolute atomic E-state index is 0.171. The van der Waals surface area contributed by atoms with Gasteiger partial charge < -0.3 is 16.4 Å². The summed E-state index contributed by atoms with van der Waals surface area (Å²) < 4.78 is 0. The molecule has 1 unspecified atom stereocenters. The highest BCUT2D eigenvalue weighted by Gasteiger charge is 2.06. The van der Waals surface area contributed by atoms with Crippen molar-refractivity contribution in [3.05, 3.63) is 54.1 Å². The fourth-order valence-electron chi connectivity index (χ4n) is 2.04. The van der Waals surface area contributed by atoms with Gasteiger partial charge in [0.05, 0.1) is 0 Å². The number of thioether (sulfide) groups is 1. The second-order valence-electron chi connectivity index (χ2n) is 4.71. The molecular weight excluding hydrogens is 282 g/mol. The van der Waals surface area contributed by atoms with Crippen molar-refractivity contribution in [1.82, 2.24) is 0 Å². The standard InChI is InChI=1S/C16H19N3OS/c1-11(18-14-4-3-5-15(10-14)21-2)12-6-8-13(9-7-12)19-16(17)20/h3-11,18H,1-2H3,(H3,17,19,20). The minimum atomic E-state index is -0.553. The zero-order valence-corrected chi connectivity index (χ0v) is 12.9. The molecule has 2 amide bonds.